The Labute approximate surface area is 267 Å². The molecule has 1 heterocycles. The van der Waals surface area contributed by atoms with Gasteiger partial charge in [0.2, 0.25) is 5.91 Å². The second-order valence-corrected chi connectivity index (χ2v) is 12.7. The van der Waals surface area contributed by atoms with E-state index in [1.54, 1.807) is 6.08 Å². The van der Waals surface area contributed by atoms with Gasteiger partial charge in [-0.05, 0) is 19.3 Å². The molecule has 9 heteroatoms. The van der Waals surface area contributed by atoms with Gasteiger partial charge < -0.3 is 40.3 Å². The summed E-state index contributed by atoms with van der Waals surface area (Å²) >= 11 is 0. The first-order chi connectivity index (χ1) is 21.3. The summed E-state index contributed by atoms with van der Waals surface area (Å²) in [5.41, 5.74) is 0. The molecule has 2 unspecified atom stereocenters. The fraction of sp³-hybridized carbons (Fsp3) is 0.914. The lowest BCUT2D eigenvalue weighted by molar-refractivity contribution is -0.302. The molecule has 0 aromatic carbocycles. The molecular formula is C35H67NO8. The minimum atomic E-state index is -1.56. The number of aliphatic hydroxyl groups excluding tert-OH is 5. The quantitative estimate of drug-likeness (QED) is 0.0495. The number of amides is 1. The fourth-order valence-corrected chi connectivity index (χ4v) is 5.62. The zero-order valence-corrected chi connectivity index (χ0v) is 27.9. The summed E-state index contributed by atoms with van der Waals surface area (Å²) in [5.74, 6) is -0.182. The number of unbranched alkanes of at least 4 members (excludes halogenated alkanes) is 18. The van der Waals surface area contributed by atoms with Crippen LogP contribution >= 0.6 is 0 Å². The summed E-state index contributed by atoms with van der Waals surface area (Å²) in [5, 5.41) is 53.7. The smallest absolute Gasteiger partial charge is 0.220 e. The highest BCUT2D eigenvalue weighted by atomic mass is 16.7. The Morgan fingerprint density at radius 1 is 0.750 bits per heavy atom. The third kappa shape index (κ3) is 18.8. The Morgan fingerprint density at radius 3 is 1.77 bits per heavy atom. The van der Waals surface area contributed by atoms with E-state index in [4.69, 9.17) is 9.47 Å². The van der Waals surface area contributed by atoms with Crippen molar-refractivity contribution >= 4 is 5.91 Å². The van der Waals surface area contributed by atoms with Crippen molar-refractivity contribution in [1.29, 1.82) is 0 Å². The van der Waals surface area contributed by atoms with Crippen molar-refractivity contribution in [2.75, 3.05) is 13.2 Å². The van der Waals surface area contributed by atoms with Crippen molar-refractivity contribution in [3.8, 4) is 0 Å². The van der Waals surface area contributed by atoms with Crippen LogP contribution in [-0.4, -0.2) is 87.5 Å². The van der Waals surface area contributed by atoms with E-state index >= 15 is 0 Å². The maximum Gasteiger partial charge on any atom is 0.220 e. The van der Waals surface area contributed by atoms with Crippen molar-refractivity contribution < 1.29 is 39.8 Å². The highest BCUT2D eigenvalue weighted by Gasteiger charge is 2.44. The Bertz CT molecular complexity index is 706. The van der Waals surface area contributed by atoms with Gasteiger partial charge in [-0.1, -0.05) is 135 Å². The van der Waals surface area contributed by atoms with Crippen LogP contribution in [-0.2, 0) is 14.3 Å². The third-order valence-electron chi connectivity index (χ3n) is 8.61. The highest BCUT2D eigenvalue weighted by molar-refractivity contribution is 5.76. The molecule has 1 fully saturated rings. The van der Waals surface area contributed by atoms with E-state index in [-0.39, 0.29) is 12.5 Å². The maximum atomic E-state index is 12.8. The number of nitrogens with one attached hydrogen (secondary N) is 1. The summed E-state index contributed by atoms with van der Waals surface area (Å²) in [6.45, 7) is 3.71. The van der Waals surface area contributed by atoms with Gasteiger partial charge in [-0.3, -0.25) is 4.79 Å². The van der Waals surface area contributed by atoms with Crippen molar-refractivity contribution in [3.05, 3.63) is 12.2 Å². The summed E-state index contributed by atoms with van der Waals surface area (Å²) in [6.07, 6.45) is 19.7. The molecule has 0 saturated carbocycles. The Balaban J connectivity index is 2.51. The topological polar surface area (TPSA) is 149 Å². The van der Waals surface area contributed by atoms with Gasteiger partial charge in [0.05, 0.1) is 25.4 Å². The molecular weight excluding hydrogens is 562 g/mol. The zero-order chi connectivity index (χ0) is 32.4. The Hall–Kier alpha value is -1.07. The Kier molecular flexibility index (Phi) is 25.2. The predicted octanol–water partition coefficient (Wildman–Crippen LogP) is 5.44. The molecule has 0 radical (unpaired) electrons. The molecule has 0 aromatic rings. The minimum Gasteiger partial charge on any atom is -0.394 e. The van der Waals surface area contributed by atoms with Gasteiger partial charge >= 0.3 is 0 Å². The fourth-order valence-electron chi connectivity index (χ4n) is 5.62. The van der Waals surface area contributed by atoms with Crippen LogP contribution in [0.25, 0.3) is 0 Å². The lowest BCUT2D eigenvalue weighted by Crippen LogP contribution is -2.60. The zero-order valence-electron chi connectivity index (χ0n) is 27.9. The molecule has 0 spiro atoms. The molecule has 0 aliphatic carbocycles. The SMILES string of the molecule is CCCCCCCCCCC/C=C/[C@@H](O)[C@H](CO[C@@H]1O[C@H](CO)[C@H](O)C(O)C1O)NC(=O)CCCCCCCCCCCC. The first kappa shape index (κ1) is 41.0. The van der Waals surface area contributed by atoms with E-state index < -0.39 is 49.5 Å². The first-order valence-electron chi connectivity index (χ1n) is 17.9. The normalized spacial score (nSPS) is 23.7. The molecule has 6 N–H and O–H groups in total. The van der Waals surface area contributed by atoms with E-state index in [1.165, 1.54) is 89.9 Å². The lowest BCUT2D eigenvalue weighted by atomic mass is 9.99. The second kappa shape index (κ2) is 27.1. The maximum absolute atomic E-state index is 12.8. The van der Waals surface area contributed by atoms with Crippen LogP contribution in [0.5, 0.6) is 0 Å². The average Bonchev–Trinajstić information content (AvgIpc) is 3.02. The van der Waals surface area contributed by atoms with E-state index in [0.717, 1.165) is 38.5 Å². The van der Waals surface area contributed by atoms with Crippen LogP contribution < -0.4 is 5.32 Å². The van der Waals surface area contributed by atoms with E-state index in [2.05, 4.69) is 19.2 Å². The molecule has 1 aliphatic heterocycles. The summed E-state index contributed by atoms with van der Waals surface area (Å²) in [7, 11) is 0. The van der Waals surface area contributed by atoms with E-state index in [0.29, 0.717) is 6.42 Å². The van der Waals surface area contributed by atoms with Gasteiger partial charge in [-0.2, -0.15) is 0 Å². The molecule has 0 bridgehead atoms. The number of hydrogen-bond donors (Lipinski definition) is 6. The lowest BCUT2D eigenvalue weighted by Gasteiger charge is -2.40. The number of hydrogen-bond acceptors (Lipinski definition) is 8. The van der Waals surface area contributed by atoms with Crippen molar-refractivity contribution in [3.63, 3.8) is 0 Å². The van der Waals surface area contributed by atoms with Gasteiger partial charge in [0, 0.05) is 6.42 Å². The van der Waals surface area contributed by atoms with Crippen LogP contribution in [0, 0.1) is 0 Å². The van der Waals surface area contributed by atoms with Crippen LogP contribution in [0.3, 0.4) is 0 Å². The molecule has 7 atom stereocenters. The molecule has 1 amide bonds. The third-order valence-corrected chi connectivity index (χ3v) is 8.61. The van der Waals surface area contributed by atoms with Crippen LogP contribution in [0.1, 0.15) is 149 Å². The van der Waals surface area contributed by atoms with Crippen molar-refractivity contribution in [2.45, 2.75) is 192 Å². The van der Waals surface area contributed by atoms with Crippen LogP contribution in [0.4, 0.5) is 0 Å². The van der Waals surface area contributed by atoms with Gasteiger partial charge in [-0.15, -0.1) is 0 Å². The number of aliphatic hydroxyl groups is 5. The number of carbonyl (C=O) groups is 1. The second-order valence-electron chi connectivity index (χ2n) is 12.7. The monoisotopic (exact) mass is 629 g/mol. The van der Waals surface area contributed by atoms with E-state index in [1.807, 2.05) is 6.08 Å². The number of carbonyl (C=O) groups excluding carboxylic acids is 1. The average molecular weight is 630 g/mol. The van der Waals surface area contributed by atoms with Gasteiger partial charge in [0.1, 0.15) is 24.4 Å². The van der Waals surface area contributed by atoms with Crippen LogP contribution in [0.15, 0.2) is 12.2 Å². The van der Waals surface area contributed by atoms with Gasteiger partial charge in [0.15, 0.2) is 6.29 Å². The van der Waals surface area contributed by atoms with Crippen molar-refractivity contribution in [2.24, 2.45) is 0 Å². The molecule has 44 heavy (non-hydrogen) atoms. The molecule has 0 aromatic heterocycles. The van der Waals surface area contributed by atoms with Crippen LogP contribution in [0.2, 0.25) is 0 Å². The number of rotatable bonds is 28. The molecule has 1 aliphatic rings. The highest BCUT2D eigenvalue weighted by Crippen LogP contribution is 2.22. The number of allylic oxidation sites excluding steroid dienone is 1. The predicted molar refractivity (Wildman–Crippen MR) is 175 cm³/mol. The van der Waals surface area contributed by atoms with Gasteiger partial charge in [-0.25, -0.2) is 0 Å². The standard InChI is InChI=1S/C35H67NO8/c1-3-5-7-9-11-13-15-16-18-20-22-24-29(38)28(27-43-35-34(42)33(41)32(40)30(26-37)44-35)36-31(39)25-23-21-19-17-14-12-10-8-6-4-2/h22,24,28-30,32-35,37-38,40-42H,3-21,23,25-27H2,1-2H3,(H,36,39)/b24-22+/t28-,29+,30+,32-,33?,34?,35+/m0/s1. The first-order valence-corrected chi connectivity index (χ1v) is 17.9. The Morgan fingerprint density at radius 2 is 1.25 bits per heavy atom. The molecule has 1 saturated heterocycles. The number of ether oxygens (including phenoxy) is 2. The molecule has 260 valence electrons. The summed E-state index contributed by atoms with van der Waals surface area (Å²) in [4.78, 5) is 12.8. The molecule has 1 rings (SSSR count). The van der Waals surface area contributed by atoms with Gasteiger partial charge in [0.25, 0.3) is 0 Å². The van der Waals surface area contributed by atoms with Crippen molar-refractivity contribution in [1.82, 2.24) is 5.32 Å². The van der Waals surface area contributed by atoms with E-state index in [9.17, 15) is 30.3 Å². The minimum absolute atomic E-state index is 0.182. The summed E-state index contributed by atoms with van der Waals surface area (Å²) in [6, 6.07) is -0.794. The largest absolute Gasteiger partial charge is 0.394 e. The summed E-state index contributed by atoms with van der Waals surface area (Å²) < 4.78 is 11.1. The molecule has 9 nitrogen and oxygen atoms in total.